The van der Waals surface area contributed by atoms with E-state index in [1.165, 1.54) is 12.1 Å². The zero-order chi connectivity index (χ0) is 11.5. The normalized spacial score (nSPS) is 20.8. The van der Waals surface area contributed by atoms with Gasteiger partial charge in [-0.25, -0.2) is 0 Å². The van der Waals surface area contributed by atoms with E-state index in [1.807, 2.05) is 0 Å². The molecular formula is C10H12N2O4. The first-order chi connectivity index (χ1) is 7.68. The second-order valence-corrected chi connectivity index (χ2v) is 3.52. The molecular weight excluding hydrogens is 212 g/mol. The Kier molecular flexibility index (Phi) is 3.02. The van der Waals surface area contributed by atoms with E-state index in [0.717, 1.165) is 5.69 Å². The number of non-ortho nitro benzene ring substituents is 1. The average molecular weight is 224 g/mol. The molecule has 1 saturated heterocycles. The molecule has 1 fully saturated rings. The lowest BCUT2D eigenvalue weighted by Crippen LogP contribution is -2.45. The summed E-state index contributed by atoms with van der Waals surface area (Å²) in [6.07, 6.45) is -0.685. The first-order valence-corrected chi connectivity index (χ1v) is 4.95. The van der Waals surface area contributed by atoms with Gasteiger partial charge in [-0.05, 0) is 12.1 Å². The van der Waals surface area contributed by atoms with Crippen molar-refractivity contribution in [1.82, 2.24) is 0 Å². The molecule has 0 aromatic heterocycles. The van der Waals surface area contributed by atoms with E-state index in [9.17, 15) is 15.2 Å². The van der Waals surface area contributed by atoms with Crippen molar-refractivity contribution in [2.24, 2.45) is 0 Å². The topological polar surface area (TPSA) is 75.8 Å². The molecule has 1 aliphatic rings. The van der Waals surface area contributed by atoms with E-state index in [0.29, 0.717) is 13.2 Å². The fraction of sp³-hybridized carbons (Fsp3) is 0.400. The van der Waals surface area contributed by atoms with Crippen molar-refractivity contribution in [1.29, 1.82) is 0 Å². The van der Waals surface area contributed by atoms with Gasteiger partial charge in [0.05, 0.1) is 18.1 Å². The number of hydrogen-bond acceptors (Lipinski definition) is 5. The number of rotatable bonds is 2. The zero-order valence-corrected chi connectivity index (χ0v) is 8.57. The predicted molar refractivity (Wildman–Crippen MR) is 57.3 cm³/mol. The minimum Gasteiger partial charge on any atom is -0.375 e. The Morgan fingerprint density at radius 3 is 2.69 bits per heavy atom. The third-order valence-corrected chi connectivity index (χ3v) is 2.50. The maximum absolute atomic E-state index is 10.5. The molecule has 1 aromatic rings. The van der Waals surface area contributed by atoms with Crippen LogP contribution in [0.15, 0.2) is 24.3 Å². The molecule has 86 valence electrons. The maximum atomic E-state index is 10.5. The van der Waals surface area contributed by atoms with Crippen LogP contribution in [0.25, 0.3) is 0 Å². The average Bonchev–Trinajstić information content (AvgIpc) is 2.30. The Balaban J connectivity index is 2.17. The lowest BCUT2D eigenvalue weighted by Gasteiger charge is -2.33. The maximum Gasteiger partial charge on any atom is 0.269 e. The monoisotopic (exact) mass is 224 g/mol. The van der Waals surface area contributed by atoms with Crippen molar-refractivity contribution in [3.05, 3.63) is 34.4 Å². The molecule has 1 N–H and O–H groups in total. The summed E-state index contributed by atoms with van der Waals surface area (Å²) in [6, 6.07) is 6.12. The second kappa shape index (κ2) is 4.46. The van der Waals surface area contributed by atoms with Crippen molar-refractivity contribution in [2.45, 2.75) is 6.23 Å². The van der Waals surface area contributed by atoms with Crippen LogP contribution in [0, 0.1) is 10.1 Å². The highest BCUT2D eigenvalue weighted by Gasteiger charge is 2.21. The number of benzene rings is 1. The molecule has 6 heteroatoms. The van der Waals surface area contributed by atoms with Gasteiger partial charge in [-0.2, -0.15) is 0 Å². The molecule has 0 saturated carbocycles. The molecule has 0 spiro atoms. The van der Waals surface area contributed by atoms with Crippen LogP contribution in [0.3, 0.4) is 0 Å². The summed E-state index contributed by atoms with van der Waals surface area (Å²) in [5, 5.41) is 20.1. The molecule has 0 amide bonds. The molecule has 1 heterocycles. The Hall–Kier alpha value is -1.66. The minimum absolute atomic E-state index is 0.0477. The molecule has 1 atom stereocenters. The van der Waals surface area contributed by atoms with Crippen LogP contribution in [0.5, 0.6) is 0 Å². The van der Waals surface area contributed by atoms with Gasteiger partial charge in [-0.1, -0.05) is 0 Å². The van der Waals surface area contributed by atoms with Crippen molar-refractivity contribution >= 4 is 11.4 Å². The summed E-state index contributed by atoms with van der Waals surface area (Å²) < 4.78 is 5.10. The third-order valence-electron chi connectivity index (χ3n) is 2.50. The highest BCUT2D eigenvalue weighted by atomic mass is 16.6. The van der Waals surface area contributed by atoms with E-state index in [-0.39, 0.29) is 12.3 Å². The van der Waals surface area contributed by atoms with Crippen molar-refractivity contribution in [2.75, 3.05) is 24.7 Å². The number of nitrogens with zero attached hydrogens (tertiary/aromatic N) is 2. The third kappa shape index (κ3) is 2.12. The number of morpholine rings is 1. The number of nitro benzene ring substituents is 1. The van der Waals surface area contributed by atoms with Crippen molar-refractivity contribution in [3.63, 3.8) is 0 Å². The van der Waals surface area contributed by atoms with Gasteiger partial charge in [0.1, 0.15) is 0 Å². The first-order valence-electron chi connectivity index (χ1n) is 4.95. The zero-order valence-electron chi connectivity index (χ0n) is 8.57. The first kappa shape index (κ1) is 10.8. The van der Waals surface area contributed by atoms with Gasteiger partial charge in [0.15, 0.2) is 6.23 Å². The van der Waals surface area contributed by atoms with Crippen LogP contribution in [-0.4, -0.2) is 36.0 Å². The summed E-state index contributed by atoms with van der Waals surface area (Å²) >= 11 is 0. The molecule has 2 rings (SSSR count). The van der Waals surface area contributed by atoms with E-state index in [2.05, 4.69) is 0 Å². The molecule has 1 aromatic carbocycles. The molecule has 1 aliphatic heterocycles. The van der Waals surface area contributed by atoms with Crippen molar-refractivity contribution < 1.29 is 14.8 Å². The van der Waals surface area contributed by atoms with Crippen LogP contribution in [0.1, 0.15) is 0 Å². The number of aliphatic hydroxyl groups excluding tert-OH is 1. The largest absolute Gasteiger partial charge is 0.375 e. The number of hydrogen-bond donors (Lipinski definition) is 1. The van der Waals surface area contributed by atoms with Crippen LogP contribution in [0.2, 0.25) is 0 Å². The fourth-order valence-corrected chi connectivity index (χ4v) is 1.66. The van der Waals surface area contributed by atoms with Gasteiger partial charge in [0.25, 0.3) is 5.69 Å². The standard InChI is InChI=1S/C10H12N2O4/c13-10-7-16-6-5-11(10)8-1-3-9(4-2-8)12(14)15/h1-4,10,13H,5-7H2. The molecule has 0 aliphatic carbocycles. The number of ether oxygens (including phenoxy) is 1. The molecule has 1 unspecified atom stereocenters. The summed E-state index contributed by atoms with van der Waals surface area (Å²) in [6.45, 7) is 1.39. The van der Waals surface area contributed by atoms with Gasteiger partial charge < -0.3 is 14.7 Å². The molecule has 0 radical (unpaired) electrons. The van der Waals surface area contributed by atoms with Gasteiger partial charge in [0, 0.05) is 24.4 Å². The molecule has 0 bridgehead atoms. The minimum atomic E-state index is -0.685. The Morgan fingerprint density at radius 1 is 1.44 bits per heavy atom. The molecule has 16 heavy (non-hydrogen) atoms. The SMILES string of the molecule is O=[N+]([O-])c1ccc(N2CCOCC2O)cc1. The van der Waals surface area contributed by atoms with Crippen molar-refractivity contribution in [3.8, 4) is 0 Å². The van der Waals surface area contributed by atoms with Crippen LogP contribution in [0.4, 0.5) is 11.4 Å². The van der Waals surface area contributed by atoms with Gasteiger partial charge in [-0.15, -0.1) is 0 Å². The van der Waals surface area contributed by atoms with Crippen LogP contribution in [-0.2, 0) is 4.74 Å². The second-order valence-electron chi connectivity index (χ2n) is 3.52. The van der Waals surface area contributed by atoms with Crippen LogP contribution >= 0.6 is 0 Å². The summed E-state index contributed by atoms with van der Waals surface area (Å²) in [5.74, 6) is 0. The van der Waals surface area contributed by atoms with E-state index in [1.54, 1.807) is 17.0 Å². The number of nitro groups is 1. The number of aliphatic hydroxyl groups is 1. The Morgan fingerprint density at radius 2 is 2.12 bits per heavy atom. The summed E-state index contributed by atoms with van der Waals surface area (Å²) in [7, 11) is 0. The quantitative estimate of drug-likeness (QED) is 0.592. The van der Waals surface area contributed by atoms with Gasteiger partial charge >= 0.3 is 0 Å². The lowest BCUT2D eigenvalue weighted by atomic mass is 10.2. The Labute approximate surface area is 92.2 Å². The van der Waals surface area contributed by atoms with E-state index in [4.69, 9.17) is 4.74 Å². The fourth-order valence-electron chi connectivity index (χ4n) is 1.66. The Bertz CT molecular complexity index is 379. The smallest absolute Gasteiger partial charge is 0.269 e. The summed E-state index contributed by atoms with van der Waals surface area (Å²) in [4.78, 5) is 11.8. The lowest BCUT2D eigenvalue weighted by molar-refractivity contribution is -0.384. The van der Waals surface area contributed by atoms with E-state index >= 15 is 0 Å². The van der Waals surface area contributed by atoms with E-state index < -0.39 is 11.2 Å². The highest BCUT2D eigenvalue weighted by molar-refractivity contribution is 5.51. The van der Waals surface area contributed by atoms with Crippen LogP contribution < -0.4 is 4.90 Å². The number of anilines is 1. The highest BCUT2D eigenvalue weighted by Crippen LogP contribution is 2.21. The predicted octanol–water partition coefficient (Wildman–Crippen LogP) is 0.750. The molecule has 6 nitrogen and oxygen atoms in total. The van der Waals surface area contributed by atoms with Gasteiger partial charge in [-0.3, -0.25) is 10.1 Å². The summed E-state index contributed by atoms with van der Waals surface area (Å²) in [5.41, 5.74) is 0.813. The van der Waals surface area contributed by atoms with Gasteiger partial charge in [0.2, 0.25) is 0 Å².